The van der Waals surface area contributed by atoms with Gasteiger partial charge in [-0.2, -0.15) is 0 Å². The fraction of sp³-hybridized carbons (Fsp3) is 0.114. The molecule has 0 spiro atoms. The molecule has 232 valence electrons. The molecule has 6 rings (SSSR count). The second-order valence-electron chi connectivity index (χ2n) is 10.4. The van der Waals surface area contributed by atoms with E-state index in [1.54, 1.807) is 30.7 Å². The van der Waals surface area contributed by atoms with Crippen molar-refractivity contribution in [3.8, 4) is 11.5 Å². The second kappa shape index (κ2) is 13.7. The number of carbonyl (C=O) groups is 1. The third-order valence-electron chi connectivity index (χ3n) is 7.38. The monoisotopic (exact) mass is 733 g/mol. The Morgan fingerprint density at radius 2 is 1.80 bits per heavy atom. The summed E-state index contributed by atoms with van der Waals surface area (Å²) >= 11 is 17.2. The zero-order valence-electron chi connectivity index (χ0n) is 24.6. The number of methoxy groups -OCH3 is 1. The van der Waals surface area contributed by atoms with Crippen LogP contribution in [0.2, 0.25) is 10.0 Å². The number of hydrogen-bond acceptors (Lipinski definition) is 6. The van der Waals surface area contributed by atoms with Gasteiger partial charge in [-0.3, -0.25) is 14.2 Å². The van der Waals surface area contributed by atoms with Crippen molar-refractivity contribution in [1.29, 1.82) is 0 Å². The zero-order chi connectivity index (χ0) is 32.4. The Morgan fingerprint density at radius 3 is 2.50 bits per heavy atom. The number of ether oxygens (including phenoxy) is 2. The molecule has 46 heavy (non-hydrogen) atoms. The molecule has 1 N–H and O–H groups in total. The van der Waals surface area contributed by atoms with Gasteiger partial charge < -0.3 is 14.8 Å². The minimum absolute atomic E-state index is 0.254. The molecule has 1 aromatic heterocycles. The molecule has 0 saturated carbocycles. The van der Waals surface area contributed by atoms with Gasteiger partial charge in [0.05, 0.1) is 33.4 Å². The van der Waals surface area contributed by atoms with Crippen LogP contribution in [0.25, 0.3) is 6.08 Å². The van der Waals surface area contributed by atoms with Gasteiger partial charge in [-0.1, -0.05) is 77.0 Å². The van der Waals surface area contributed by atoms with Gasteiger partial charge in [0, 0.05) is 21.3 Å². The second-order valence-corrected chi connectivity index (χ2v) is 13.1. The smallest absolute Gasteiger partial charge is 0.271 e. The highest BCUT2D eigenvalue weighted by atomic mass is 79.9. The van der Waals surface area contributed by atoms with E-state index in [-0.39, 0.29) is 18.1 Å². The van der Waals surface area contributed by atoms with E-state index in [2.05, 4.69) is 21.2 Å². The summed E-state index contributed by atoms with van der Waals surface area (Å²) in [5.74, 6) is 0.956. The van der Waals surface area contributed by atoms with Gasteiger partial charge >= 0.3 is 0 Å². The zero-order valence-corrected chi connectivity index (χ0v) is 28.5. The molecule has 0 unspecified atom stereocenters. The van der Waals surface area contributed by atoms with Gasteiger partial charge in [0.25, 0.3) is 11.5 Å². The minimum Gasteiger partial charge on any atom is -0.497 e. The number of nitrogens with one attached hydrogen (secondary N) is 1. The van der Waals surface area contributed by atoms with E-state index >= 15 is 0 Å². The summed E-state index contributed by atoms with van der Waals surface area (Å²) in [6.45, 7) is 2.05. The molecule has 0 aliphatic carbocycles. The maximum atomic E-state index is 14.1. The number of anilines is 1. The number of carbonyl (C=O) groups excluding carboxylic acids is 1. The quantitative estimate of drug-likeness (QED) is 0.179. The molecule has 7 nitrogen and oxygen atoms in total. The van der Waals surface area contributed by atoms with Crippen molar-refractivity contribution in [1.82, 2.24) is 4.57 Å². The summed E-state index contributed by atoms with van der Waals surface area (Å²) in [7, 11) is 1.59. The van der Waals surface area contributed by atoms with Gasteiger partial charge in [-0.25, -0.2) is 4.99 Å². The molecule has 1 atom stereocenters. The fourth-order valence-corrected chi connectivity index (χ4v) is 7.12. The third-order valence-corrected chi connectivity index (χ3v) is 9.57. The van der Waals surface area contributed by atoms with Crippen LogP contribution in [0.5, 0.6) is 11.5 Å². The van der Waals surface area contributed by atoms with Crippen LogP contribution in [0.1, 0.15) is 29.7 Å². The first-order valence-corrected chi connectivity index (χ1v) is 16.5. The van der Waals surface area contributed by atoms with Crippen LogP contribution < -0.4 is 29.7 Å². The van der Waals surface area contributed by atoms with E-state index < -0.39 is 6.04 Å². The molecule has 1 amide bonds. The van der Waals surface area contributed by atoms with Crippen LogP contribution in [-0.4, -0.2) is 17.6 Å². The third kappa shape index (κ3) is 6.69. The predicted molar refractivity (Wildman–Crippen MR) is 187 cm³/mol. The molecule has 0 radical (unpaired) electrons. The summed E-state index contributed by atoms with van der Waals surface area (Å²) in [4.78, 5) is 33.0. The van der Waals surface area contributed by atoms with Crippen LogP contribution in [0.15, 0.2) is 117 Å². The molecular formula is C35H26BrCl2N3O4S. The number of allylic oxidation sites excluding steroid dienone is 1. The molecule has 1 aliphatic heterocycles. The summed E-state index contributed by atoms with van der Waals surface area (Å²) < 4.78 is 14.1. The maximum Gasteiger partial charge on any atom is 0.271 e. The lowest BCUT2D eigenvalue weighted by atomic mass is 9.95. The number of halogens is 3. The SMILES string of the molecule is COc1ccc([C@H]2C(C(=O)Nc3ccccc3)=C(C)N=c3s/c(=C/c4ccc(OCc5ccc(Cl)cc5Cl)c(Br)c4)c(=O)n32)cc1. The van der Waals surface area contributed by atoms with E-state index in [0.717, 1.165) is 16.7 Å². The Morgan fingerprint density at radius 1 is 1.04 bits per heavy atom. The highest BCUT2D eigenvalue weighted by molar-refractivity contribution is 9.10. The predicted octanol–water partition coefficient (Wildman–Crippen LogP) is 7.53. The van der Waals surface area contributed by atoms with Crippen molar-refractivity contribution < 1.29 is 14.3 Å². The molecule has 5 aromatic rings. The average Bonchev–Trinajstić information content (AvgIpc) is 3.34. The van der Waals surface area contributed by atoms with Crippen LogP contribution in [0, 0.1) is 0 Å². The maximum absolute atomic E-state index is 14.1. The van der Waals surface area contributed by atoms with Crippen LogP contribution >= 0.6 is 50.5 Å². The van der Waals surface area contributed by atoms with E-state index in [0.29, 0.717) is 52.3 Å². The molecule has 0 bridgehead atoms. The lowest BCUT2D eigenvalue weighted by molar-refractivity contribution is -0.113. The summed E-state index contributed by atoms with van der Waals surface area (Å²) in [5.41, 5.74) is 3.66. The number of para-hydroxylation sites is 1. The number of hydrogen-bond donors (Lipinski definition) is 1. The lowest BCUT2D eigenvalue weighted by Crippen LogP contribution is -2.40. The number of fused-ring (bicyclic) bond motifs is 1. The number of nitrogens with zero attached hydrogens (tertiary/aromatic N) is 2. The van der Waals surface area contributed by atoms with E-state index in [1.165, 1.54) is 11.3 Å². The summed E-state index contributed by atoms with van der Waals surface area (Å²) in [5, 5.41) is 4.05. The largest absolute Gasteiger partial charge is 0.497 e. The first kappa shape index (κ1) is 31.8. The molecule has 0 saturated heterocycles. The van der Waals surface area contributed by atoms with Crippen molar-refractivity contribution in [2.24, 2.45) is 4.99 Å². The van der Waals surface area contributed by atoms with Gasteiger partial charge in [0.1, 0.15) is 18.1 Å². The molecule has 4 aromatic carbocycles. The van der Waals surface area contributed by atoms with Crippen molar-refractivity contribution in [2.45, 2.75) is 19.6 Å². The van der Waals surface area contributed by atoms with Crippen molar-refractivity contribution >= 4 is 68.1 Å². The van der Waals surface area contributed by atoms with Crippen molar-refractivity contribution in [2.75, 3.05) is 12.4 Å². The van der Waals surface area contributed by atoms with Crippen molar-refractivity contribution in [3.05, 3.63) is 153 Å². The average molecular weight is 735 g/mol. The topological polar surface area (TPSA) is 81.9 Å². The lowest BCUT2D eigenvalue weighted by Gasteiger charge is -2.25. The molecule has 1 aliphatic rings. The van der Waals surface area contributed by atoms with Crippen LogP contribution in [-0.2, 0) is 11.4 Å². The van der Waals surface area contributed by atoms with Gasteiger partial charge in [0.2, 0.25) is 0 Å². The number of aromatic nitrogens is 1. The minimum atomic E-state index is -0.699. The van der Waals surface area contributed by atoms with Gasteiger partial charge in [-0.05, 0) is 88.6 Å². The first-order chi connectivity index (χ1) is 22.2. The highest BCUT2D eigenvalue weighted by Gasteiger charge is 2.32. The normalized spacial score (nSPS) is 14.5. The Hall–Kier alpha value is -4.15. The summed E-state index contributed by atoms with van der Waals surface area (Å²) in [6, 6.07) is 26.7. The van der Waals surface area contributed by atoms with Crippen LogP contribution in [0.3, 0.4) is 0 Å². The number of rotatable bonds is 8. The van der Waals surface area contributed by atoms with Gasteiger partial charge in [-0.15, -0.1) is 0 Å². The Balaban J connectivity index is 1.36. The van der Waals surface area contributed by atoms with Gasteiger partial charge in [0.15, 0.2) is 4.80 Å². The van der Waals surface area contributed by atoms with E-state index in [1.807, 2.05) is 84.9 Å². The van der Waals surface area contributed by atoms with E-state index in [9.17, 15) is 9.59 Å². The van der Waals surface area contributed by atoms with E-state index in [4.69, 9.17) is 37.7 Å². The Labute approximate surface area is 287 Å². The molecule has 2 heterocycles. The molecular weight excluding hydrogens is 709 g/mol. The molecule has 11 heteroatoms. The number of thiazole rings is 1. The number of amides is 1. The molecule has 0 fully saturated rings. The number of benzene rings is 4. The summed E-state index contributed by atoms with van der Waals surface area (Å²) in [6.07, 6.45) is 1.81. The first-order valence-electron chi connectivity index (χ1n) is 14.1. The Bertz CT molecular complexity index is 2160. The van der Waals surface area contributed by atoms with Crippen LogP contribution in [0.4, 0.5) is 5.69 Å². The van der Waals surface area contributed by atoms with Crippen molar-refractivity contribution in [3.63, 3.8) is 0 Å². The standard InChI is InChI=1S/C35H26BrCl2N3O4S/c1-20-31(33(42)40-25-6-4-3-5-7-25)32(22-10-13-26(44-2)14-11-22)41-34(43)30(46-35(41)39-20)17-21-8-15-29(27(36)16-21)45-19-23-9-12-24(37)18-28(23)38/h3-18,32H,19H2,1-2H3,(H,40,42)/b30-17+/t32-/m0/s1. The Kier molecular flexibility index (Phi) is 9.47. The highest BCUT2D eigenvalue weighted by Crippen LogP contribution is 2.32. The fourth-order valence-electron chi connectivity index (χ4n) is 5.10.